The van der Waals surface area contributed by atoms with E-state index in [0.29, 0.717) is 0 Å². The van der Waals surface area contributed by atoms with Crippen molar-refractivity contribution in [1.29, 1.82) is 0 Å². The highest BCUT2D eigenvalue weighted by molar-refractivity contribution is 6.02. The Balaban J connectivity index is 1.16. The van der Waals surface area contributed by atoms with Crippen LogP contribution in [0.4, 0.5) is 17.1 Å². The molecule has 2 nitrogen and oxygen atoms in total. The van der Waals surface area contributed by atoms with E-state index in [1.165, 1.54) is 33.4 Å². The van der Waals surface area contributed by atoms with Crippen LogP contribution in [0.2, 0.25) is 0 Å². The van der Waals surface area contributed by atoms with Gasteiger partial charge in [-0.3, -0.25) is 0 Å². The van der Waals surface area contributed by atoms with Gasteiger partial charge in [-0.2, -0.15) is 0 Å². The smallest absolute Gasteiger partial charge is 0.143 e. The van der Waals surface area contributed by atoms with Gasteiger partial charge < -0.3 is 9.32 Å². The molecule has 8 aromatic carbocycles. The van der Waals surface area contributed by atoms with Gasteiger partial charge in [0.1, 0.15) is 11.3 Å². The van der Waals surface area contributed by atoms with Gasteiger partial charge in [-0.15, -0.1) is 0 Å². The van der Waals surface area contributed by atoms with Gasteiger partial charge in [-0.05, 0) is 81.4 Å². The third-order valence-electron chi connectivity index (χ3n) is 9.71. The molecule has 0 fully saturated rings. The van der Waals surface area contributed by atoms with Gasteiger partial charge in [0.25, 0.3) is 0 Å². The average Bonchev–Trinajstić information content (AvgIpc) is 3.63. The Morgan fingerprint density at radius 2 is 0.769 bits per heavy atom. The molecule has 9 aromatic rings. The number of hydrogen-bond acceptors (Lipinski definition) is 2. The van der Waals surface area contributed by atoms with Crippen molar-refractivity contribution >= 4 is 28.0 Å². The van der Waals surface area contributed by atoms with E-state index in [1.54, 1.807) is 0 Å². The number of furan rings is 1. The van der Waals surface area contributed by atoms with E-state index in [9.17, 15) is 0 Å². The van der Waals surface area contributed by atoms with E-state index in [-0.39, 0.29) is 0 Å². The molecule has 0 radical (unpaired) electrons. The molecule has 246 valence electrons. The van der Waals surface area contributed by atoms with Crippen molar-refractivity contribution in [2.75, 3.05) is 4.90 Å². The van der Waals surface area contributed by atoms with E-state index in [4.69, 9.17) is 4.42 Å². The summed E-state index contributed by atoms with van der Waals surface area (Å²) in [4.78, 5) is 2.33. The number of rotatable bonds is 8. The SMILES string of the molecule is c1ccc(-c2ccc(N(c3ccc(-c4ccccc4-c4ccccc4)cc3)c3cccc(-c4oc5ccccc5c4-c4ccccc4)c3)cc2)cc1. The Morgan fingerprint density at radius 1 is 0.308 bits per heavy atom. The lowest BCUT2D eigenvalue weighted by atomic mass is 9.94. The molecule has 0 aliphatic carbocycles. The fourth-order valence-electron chi connectivity index (χ4n) is 7.20. The van der Waals surface area contributed by atoms with Crippen molar-refractivity contribution in [2.45, 2.75) is 0 Å². The number of nitrogens with zero attached hydrogens (tertiary/aromatic N) is 1. The molecular formula is C50H35NO. The quantitative estimate of drug-likeness (QED) is 0.161. The number of para-hydroxylation sites is 1. The van der Waals surface area contributed by atoms with Gasteiger partial charge in [0.2, 0.25) is 0 Å². The lowest BCUT2D eigenvalue weighted by molar-refractivity contribution is 0.632. The van der Waals surface area contributed by atoms with Gasteiger partial charge >= 0.3 is 0 Å². The van der Waals surface area contributed by atoms with Crippen LogP contribution in [-0.2, 0) is 0 Å². The standard InChI is InChI=1S/C50H35NO/c1-4-15-36(16-5-1)37-27-31-42(32-28-37)51(43-33-29-39(30-34-43)46-24-11-10-23-45(46)38-17-6-2-7-18-38)44-22-14-21-41(35-44)50-49(40-19-8-3-9-20-40)47-25-12-13-26-48(47)52-50/h1-35H. The van der Waals surface area contributed by atoms with Crippen LogP contribution in [0.15, 0.2) is 217 Å². The summed E-state index contributed by atoms with van der Waals surface area (Å²) in [6.07, 6.45) is 0. The van der Waals surface area contributed by atoms with Crippen molar-refractivity contribution in [2.24, 2.45) is 0 Å². The molecule has 9 rings (SSSR count). The first kappa shape index (κ1) is 31.1. The molecule has 0 saturated carbocycles. The topological polar surface area (TPSA) is 16.4 Å². The van der Waals surface area contributed by atoms with Gasteiger partial charge in [0.15, 0.2) is 0 Å². The Morgan fingerprint density at radius 3 is 1.40 bits per heavy atom. The Labute approximate surface area is 304 Å². The van der Waals surface area contributed by atoms with E-state index in [0.717, 1.165) is 50.5 Å². The van der Waals surface area contributed by atoms with Crippen molar-refractivity contribution in [3.63, 3.8) is 0 Å². The molecule has 1 aromatic heterocycles. The fourth-order valence-corrected chi connectivity index (χ4v) is 7.20. The average molecular weight is 666 g/mol. The maximum absolute atomic E-state index is 6.64. The summed E-state index contributed by atoms with van der Waals surface area (Å²) in [5, 5.41) is 1.11. The minimum atomic E-state index is 0.862. The number of benzene rings is 8. The first-order chi connectivity index (χ1) is 25.8. The summed E-state index contributed by atoms with van der Waals surface area (Å²) in [7, 11) is 0. The van der Waals surface area contributed by atoms with E-state index < -0.39 is 0 Å². The van der Waals surface area contributed by atoms with Gasteiger partial charge in [0, 0.05) is 33.6 Å². The summed E-state index contributed by atoms with van der Waals surface area (Å²) in [6, 6.07) is 75.1. The highest BCUT2D eigenvalue weighted by atomic mass is 16.3. The van der Waals surface area contributed by atoms with Crippen LogP contribution < -0.4 is 4.90 Å². The molecule has 0 bridgehead atoms. The molecule has 0 aliphatic rings. The summed E-state index contributed by atoms with van der Waals surface area (Å²) >= 11 is 0. The van der Waals surface area contributed by atoms with Crippen LogP contribution in [0.1, 0.15) is 0 Å². The molecule has 0 atom stereocenters. The highest BCUT2D eigenvalue weighted by Crippen LogP contribution is 2.44. The largest absolute Gasteiger partial charge is 0.455 e. The molecule has 0 saturated heterocycles. The molecule has 0 unspecified atom stereocenters. The van der Waals surface area contributed by atoms with Crippen molar-refractivity contribution in [3.8, 4) is 55.8 Å². The second-order valence-electron chi connectivity index (χ2n) is 12.9. The van der Waals surface area contributed by atoms with Crippen molar-refractivity contribution in [1.82, 2.24) is 0 Å². The monoisotopic (exact) mass is 665 g/mol. The summed E-state index contributed by atoms with van der Waals surface area (Å²) < 4.78 is 6.64. The number of hydrogen-bond donors (Lipinski definition) is 0. The van der Waals surface area contributed by atoms with E-state index in [1.807, 2.05) is 12.1 Å². The molecule has 0 N–H and O–H groups in total. The zero-order valence-electron chi connectivity index (χ0n) is 28.6. The van der Waals surface area contributed by atoms with Crippen molar-refractivity contribution < 1.29 is 4.42 Å². The van der Waals surface area contributed by atoms with Crippen LogP contribution in [-0.4, -0.2) is 0 Å². The Kier molecular flexibility index (Phi) is 8.24. The first-order valence-corrected chi connectivity index (χ1v) is 17.7. The van der Waals surface area contributed by atoms with Gasteiger partial charge in [0.05, 0.1) is 0 Å². The third kappa shape index (κ3) is 5.97. The zero-order chi connectivity index (χ0) is 34.7. The lowest BCUT2D eigenvalue weighted by Crippen LogP contribution is -2.10. The first-order valence-electron chi connectivity index (χ1n) is 17.7. The molecule has 1 heterocycles. The molecule has 0 aliphatic heterocycles. The summed E-state index contributed by atoms with van der Waals surface area (Å²) in [5.74, 6) is 0.862. The molecular weight excluding hydrogens is 631 g/mol. The Bertz CT molecular complexity index is 2590. The summed E-state index contributed by atoms with van der Waals surface area (Å²) in [5.41, 5.74) is 14.5. The van der Waals surface area contributed by atoms with Crippen molar-refractivity contribution in [3.05, 3.63) is 212 Å². The minimum absolute atomic E-state index is 0.862. The second-order valence-corrected chi connectivity index (χ2v) is 12.9. The van der Waals surface area contributed by atoms with E-state index >= 15 is 0 Å². The van der Waals surface area contributed by atoms with Crippen LogP contribution >= 0.6 is 0 Å². The third-order valence-corrected chi connectivity index (χ3v) is 9.71. The fraction of sp³-hybridized carbons (Fsp3) is 0. The van der Waals surface area contributed by atoms with E-state index in [2.05, 4.69) is 205 Å². The number of fused-ring (bicyclic) bond motifs is 1. The second kappa shape index (κ2) is 13.8. The zero-order valence-corrected chi connectivity index (χ0v) is 28.6. The maximum atomic E-state index is 6.64. The predicted molar refractivity (Wildman–Crippen MR) is 218 cm³/mol. The number of anilines is 3. The molecule has 0 amide bonds. The predicted octanol–water partition coefficient (Wildman–Crippen LogP) is 14.2. The molecule has 0 spiro atoms. The lowest BCUT2D eigenvalue weighted by Gasteiger charge is -2.26. The van der Waals surface area contributed by atoms with Crippen LogP contribution in [0.3, 0.4) is 0 Å². The van der Waals surface area contributed by atoms with Crippen LogP contribution in [0.25, 0.3) is 66.8 Å². The minimum Gasteiger partial charge on any atom is -0.455 e. The summed E-state index contributed by atoms with van der Waals surface area (Å²) in [6.45, 7) is 0. The molecule has 52 heavy (non-hydrogen) atoms. The van der Waals surface area contributed by atoms with Crippen LogP contribution in [0, 0.1) is 0 Å². The maximum Gasteiger partial charge on any atom is 0.143 e. The van der Waals surface area contributed by atoms with Gasteiger partial charge in [-0.1, -0.05) is 170 Å². The van der Waals surface area contributed by atoms with Gasteiger partial charge in [-0.25, -0.2) is 0 Å². The normalized spacial score (nSPS) is 11.1. The highest BCUT2D eigenvalue weighted by Gasteiger charge is 2.20. The molecule has 2 heteroatoms. The Hall–Kier alpha value is -6.90. The van der Waals surface area contributed by atoms with Crippen LogP contribution in [0.5, 0.6) is 0 Å².